The quantitative estimate of drug-likeness (QED) is 0.858. The maximum Gasteiger partial charge on any atom is 0.338 e. The van der Waals surface area contributed by atoms with Crippen molar-refractivity contribution >= 4 is 22.0 Å². The highest BCUT2D eigenvalue weighted by molar-refractivity contribution is 7.89. The second-order valence-corrected chi connectivity index (χ2v) is 7.43. The van der Waals surface area contributed by atoms with Crippen LogP contribution in [-0.4, -0.2) is 30.7 Å². The fraction of sp³-hybridized carbons (Fsp3) is 0.176. The van der Waals surface area contributed by atoms with E-state index < -0.39 is 28.0 Å². The van der Waals surface area contributed by atoms with Gasteiger partial charge in [0.05, 0.1) is 4.90 Å². The van der Waals surface area contributed by atoms with Crippen LogP contribution in [0.2, 0.25) is 0 Å². The van der Waals surface area contributed by atoms with Crippen molar-refractivity contribution in [1.82, 2.24) is 9.62 Å². The number of hydrogen-bond acceptors (Lipinski definition) is 4. The predicted octanol–water partition coefficient (Wildman–Crippen LogP) is 1.85. The molecule has 6 nitrogen and oxygen atoms in total. The Morgan fingerprint density at radius 2 is 1.62 bits per heavy atom. The van der Waals surface area contributed by atoms with Crippen LogP contribution in [0.3, 0.4) is 0 Å². The van der Waals surface area contributed by atoms with Crippen molar-refractivity contribution in [2.45, 2.75) is 24.3 Å². The summed E-state index contributed by atoms with van der Waals surface area (Å²) in [4.78, 5) is 24.2. The van der Waals surface area contributed by atoms with Crippen LogP contribution in [-0.2, 0) is 21.2 Å². The van der Waals surface area contributed by atoms with Crippen molar-refractivity contribution in [2.75, 3.05) is 0 Å². The number of nitrogens with one attached hydrogen (secondary N) is 1. The number of urea groups is 1. The van der Waals surface area contributed by atoms with E-state index >= 15 is 0 Å². The van der Waals surface area contributed by atoms with E-state index in [1.54, 1.807) is 36.4 Å². The van der Waals surface area contributed by atoms with E-state index in [9.17, 15) is 18.0 Å². The third-order valence-corrected chi connectivity index (χ3v) is 5.67. The summed E-state index contributed by atoms with van der Waals surface area (Å²) < 4.78 is 26.3. The van der Waals surface area contributed by atoms with Gasteiger partial charge in [0.2, 0.25) is 0 Å². The summed E-state index contributed by atoms with van der Waals surface area (Å²) in [6.45, 7) is 1.83. The second-order valence-electron chi connectivity index (χ2n) is 5.61. The average molecular weight is 344 g/mol. The number of nitrogens with zero attached hydrogens (tertiary/aromatic N) is 1. The Kier molecular flexibility index (Phi) is 4.11. The van der Waals surface area contributed by atoms with E-state index in [0.29, 0.717) is 4.31 Å². The van der Waals surface area contributed by atoms with E-state index in [4.69, 9.17) is 0 Å². The van der Waals surface area contributed by atoms with Crippen molar-refractivity contribution in [3.63, 3.8) is 0 Å². The van der Waals surface area contributed by atoms with Gasteiger partial charge in [-0.3, -0.25) is 10.1 Å². The van der Waals surface area contributed by atoms with Gasteiger partial charge in [-0.05, 0) is 24.6 Å². The Balaban J connectivity index is 1.98. The summed E-state index contributed by atoms with van der Waals surface area (Å²) in [5.41, 5.74) is 1.67. The van der Waals surface area contributed by atoms with Gasteiger partial charge >= 0.3 is 6.03 Å². The summed E-state index contributed by atoms with van der Waals surface area (Å²) in [6.07, 6.45) is 0.128. The van der Waals surface area contributed by atoms with Crippen molar-refractivity contribution < 1.29 is 18.0 Å². The van der Waals surface area contributed by atoms with Crippen molar-refractivity contribution in [3.8, 4) is 0 Å². The fourth-order valence-corrected chi connectivity index (χ4v) is 4.08. The molecule has 1 saturated heterocycles. The summed E-state index contributed by atoms with van der Waals surface area (Å²) in [6, 6.07) is 13.1. The molecule has 0 spiro atoms. The van der Waals surface area contributed by atoms with Gasteiger partial charge in [0.25, 0.3) is 15.9 Å². The minimum absolute atomic E-state index is 0.0176. The van der Waals surface area contributed by atoms with Gasteiger partial charge < -0.3 is 0 Å². The summed E-state index contributed by atoms with van der Waals surface area (Å²) in [7, 11) is -4.11. The maximum absolute atomic E-state index is 12.8. The van der Waals surface area contributed by atoms with Crippen LogP contribution in [0.1, 0.15) is 11.1 Å². The van der Waals surface area contributed by atoms with E-state index in [0.717, 1.165) is 11.1 Å². The van der Waals surface area contributed by atoms with Crippen LogP contribution in [0.15, 0.2) is 59.5 Å². The molecule has 0 saturated carbocycles. The highest BCUT2D eigenvalue weighted by Gasteiger charge is 2.46. The van der Waals surface area contributed by atoms with Crippen molar-refractivity contribution in [2.24, 2.45) is 0 Å². The van der Waals surface area contributed by atoms with Gasteiger partial charge in [-0.15, -0.1) is 0 Å². The molecule has 1 aliphatic rings. The first-order valence-corrected chi connectivity index (χ1v) is 8.83. The third-order valence-electron chi connectivity index (χ3n) is 3.87. The summed E-state index contributed by atoms with van der Waals surface area (Å²) >= 11 is 0. The highest BCUT2D eigenvalue weighted by Crippen LogP contribution is 2.24. The highest BCUT2D eigenvalue weighted by atomic mass is 32.2. The molecule has 0 radical (unpaired) electrons. The normalized spacial score (nSPS) is 17.9. The molecule has 3 rings (SSSR count). The number of benzene rings is 2. The molecule has 0 aromatic heterocycles. The Labute approximate surface area is 140 Å². The molecule has 1 heterocycles. The van der Waals surface area contributed by atoms with Crippen molar-refractivity contribution in [1.29, 1.82) is 0 Å². The lowest BCUT2D eigenvalue weighted by molar-refractivity contribution is -0.120. The van der Waals surface area contributed by atoms with Crippen LogP contribution < -0.4 is 5.32 Å². The molecule has 24 heavy (non-hydrogen) atoms. The molecule has 1 fully saturated rings. The molecule has 0 bridgehead atoms. The molecule has 124 valence electrons. The van der Waals surface area contributed by atoms with E-state index in [1.165, 1.54) is 12.1 Å². The van der Waals surface area contributed by atoms with E-state index in [1.807, 2.05) is 13.0 Å². The van der Waals surface area contributed by atoms with Gasteiger partial charge in [0, 0.05) is 6.42 Å². The molecule has 1 N–H and O–H groups in total. The summed E-state index contributed by atoms with van der Waals surface area (Å²) in [5, 5.41) is 2.09. The smallest absolute Gasteiger partial charge is 0.275 e. The number of carbonyl (C=O) groups is 2. The molecule has 7 heteroatoms. The Bertz CT molecular complexity index is 877. The number of sulfonamides is 1. The SMILES string of the molecule is Cc1ccc(S(=O)(=O)N2C(=O)NC(=O)[C@@H]2Cc2ccccc2)cc1. The zero-order valence-corrected chi connectivity index (χ0v) is 13.8. The molecule has 0 aliphatic carbocycles. The Morgan fingerprint density at radius 3 is 2.25 bits per heavy atom. The van der Waals surface area contributed by atoms with Gasteiger partial charge in [0.15, 0.2) is 0 Å². The van der Waals surface area contributed by atoms with Crippen LogP contribution in [0.25, 0.3) is 0 Å². The lowest BCUT2D eigenvalue weighted by Gasteiger charge is -2.21. The minimum atomic E-state index is -4.11. The zero-order chi connectivity index (χ0) is 17.3. The Hall–Kier alpha value is -2.67. The number of hydrogen-bond donors (Lipinski definition) is 1. The van der Waals surface area contributed by atoms with Crippen LogP contribution in [0.5, 0.6) is 0 Å². The van der Waals surface area contributed by atoms with Crippen LogP contribution in [0, 0.1) is 6.92 Å². The number of amides is 3. The molecule has 3 amide bonds. The summed E-state index contributed by atoms with van der Waals surface area (Å²) in [5.74, 6) is -0.612. The molecular formula is C17H16N2O4S. The van der Waals surface area contributed by atoms with Gasteiger partial charge in [-0.1, -0.05) is 48.0 Å². The number of imide groups is 1. The molecule has 2 aromatic rings. The molecule has 2 aromatic carbocycles. The Morgan fingerprint density at radius 1 is 1.00 bits per heavy atom. The maximum atomic E-state index is 12.8. The van der Waals surface area contributed by atoms with Crippen LogP contribution in [0.4, 0.5) is 4.79 Å². The standard InChI is InChI=1S/C17H16N2O4S/c1-12-7-9-14(10-8-12)24(22,23)19-15(16(20)18-17(19)21)11-13-5-3-2-4-6-13/h2-10,15H,11H2,1H3,(H,18,20,21)/t15-/m0/s1. The van der Waals surface area contributed by atoms with E-state index in [2.05, 4.69) is 5.32 Å². The van der Waals surface area contributed by atoms with Crippen LogP contribution >= 0.6 is 0 Å². The molecular weight excluding hydrogens is 328 g/mol. The van der Waals surface area contributed by atoms with Crippen molar-refractivity contribution in [3.05, 3.63) is 65.7 Å². The first-order chi connectivity index (χ1) is 11.4. The molecule has 1 aliphatic heterocycles. The fourth-order valence-electron chi connectivity index (χ4n) is 2.61. The lowest BCUT2D eigenvalue weighted by Crippen LogP contribution is -2.41. The molecule has 0 unspecified atom stereocenters. The number of carbonyl (C=O) groups excluding carboxylic acids is 2. The van der Waals surface area contributed by atoms with Gasteiger partial charge in [-0.25, -0.2) is 17.5 Å². The largest absolute Gasteiger partial charge is 0.338 e. The monoisotopic (exact) mass is 344 g/mol. The predicted molar refractivity (Wildman–Crippen MR) is 87.7 cm³/mol. The zero-order valence-electron chi connectivity index (χ0n) is 13.0. The third kappa shape index (κ3) is 2.90. The molecule has 1 atom stereocenters. The number of rotatable bonds is 4. The first-order valence-electron chi connectivity index (χ1n) is 7.39. The van der Waals surface area contributed by atoms with Gasteiger partial charge in [0.1, 0.15) is 6.04 Å². The first kappa shape index (κ1) is 16.2. The number of aryl methyl sites for hydroxylation is 1. The second kappa shape index (κ2) is 6.09. The lowest BCUT2D eigenvalue weighted by atomic mass is 10.1. The van der Waals surface area contributed by atoms with E-state index in [-0.39, 0.29) is 11.3 Å². The topological polar surface area (TPSA) is 83.6 Å². The van der Waals surface area contributed by atoms with Gasteiger partial charge in [-0.2, -0.15) is 0 Å². The minimum Gasteiger partial charge on any atom is -0.275 e. The average Bonchev–Trinajstić information content (AvgIpc) is 2.83.